The molecule has 0 aromatic rings. The standard InChI is InChI=1S/C14H25NO3S/c1-9(2)15-14(13(16)17,11-4-5-11)8-19-12-6-7-18-10(12)3/h9-12,15H,4-8H2,1-3H3,(H,16,17). The molecule has 1 saturated carbocycles. The monoisotopic (exact) mass is 287 g/mol. The molecule has 0 aromatic heterocycles. The minimum absolute atomic E-state index is 0.189. The first kappa shape index (κ1) is 15.1. The van der Waals surface area contributed by atoms with Crippen molar-refractivity contribution in [3.8, 4) is 0 Å². The Morgan fingerprint density at radius 1 is 1.47 bits per heavy atom. The van der Waals surface area contributed by atoms with Gasteiger partial charge in [-0.25, -0.2) is 0 Å². The molecular formula is C14H25NO3S. The van der Waals surface area contributed by atoms with Gasteiger partial charge >= 0.3 is 5.97 Å². The predicted octanol–water partition coefficient (Wildman–Crippen LogP) is 2.13. The van der Waals surface area contributed by atoms with Gasteiger partial charge < -0.3 is 9.84 Å². The van der Waals surface area contributed by atoms with Gasteiger partial charge in [-0.2, -0.15) is 11.8 Å². The number of rotatable bonds is 7. The van der Waals surface area contributed by atoms with Gasteiger partial charge in [0, 0.05) is 23.7 Å². The molecule has 3 atom stereocenters. The normalized spacial score (nSPS) is 30.5. The first-order valence-electron chi connectivity index (χ1n) is 7.20. The van der Waals surface area contributed by atoms with E-state index >= 15 is 0 Å². The summed E-state index contributed by atoms with van der Waals surface area (Å²) in [5.41, 5.74) is -0.749. The highest BCUT2D eigenvalue weighted by atomic mass is 32.2. The van der Waals surface area contributed by atoms with E-state index in [0.29, 0.717) is 11.0 Å². The third-order valence-electron chi connectivity index (χ3n) is 4.03. The zero-order valence-corrected chi connectivity index (χ0v) is 12.8. The van der Waals surface area contributed by atoms with E-state index in [9.17, 15) is 9.90 Å². The van der Waals surface area contributed by atoms with Crippen LogP contribution < -0.4 is 5.32 Å². The quantitative estimate of drug-likeness (QED) is 0.751. The summed E-state index contributed by atoms with van der Waals surface area (Å²) in [6.07, 6.45) is 3.34. The lowest BCUT2D eigenvalue weighted by atomic mass is 9.94. The van der Waals surface area contributed by atoms with E-state index in [2.05, 4.69) is 12.2 Å². The van der Waals surface area contributed by atoms with Gasteiger partial charge in [-0.05, 0) is 46.0 Å². The Bertz CT molecular complexity index is 333. The zero-order valence-electron chi connectivity index (χ0n) is 12.0. The maximum Gasteiger partial charge on any atom is 0.325 e. The van der Waals surface area contributed by atoms with Gasteiger partial charge in [0.05, 0.1) is 6.10 Å². The maximum absolute atomic E-state index is 11.8. The van der Waals surface area contributed by atoms with Crippen LogP contribution in [0.15, 0.2) is 0 Å². The van der Waals surface area contributed by atoms with Crippen LogP contribution in [-0.2, 0) is 9.53 Å². The van der Waals surface area contributed by atoms with E-state index in [0.717, 1.165) is 25.9 Å². The van der Waals surface area contributed by atoms with Crippen molar-refractivity contribution in [1.29, 1.82) is 0 Å². The van der Waals surface area contributed by atoms with Crippen molar-refractivity contribution in [2.75, 3.05) is 12.4 Å². The minimum atomic E-state index is -0.749. The van der Waals surface area contributed by atoms with Crippen LogP contribution >= 0.6 is 11.8 Å². The fourth-order valence-corrected chi connectivity index (χ4v) is 4.37. The molecule has 4 nitrogen and oxygen atoms in total. The van der Waals surface area contributed by atoms with Crippen LogP contribution in [0.3, 0.4) is 0 Å². The molecule has 0 radical (unpaired) electrons. The first-order chi connectivity index (χ1) is 8.95. The molecule has 19 heavy (non-hydrogen) atoms. The average molecular weight is 287 g/mol. The van der Waals surface area contributed by atoms with Crippen LogP contribution in [0, 0.1) is 5.92 Å². The number of ether oxygens (including phenoxy) is 1. The maximum atomic E-state index is 11.8. The van der Waals surface area contributed by atoms with Crippen LogP contribution in [0.4, 0.5) is 0 Å². The fraction of sp³-hybridized carbons (Fsp3) is 0.929. The largest absolute Gasteiger partial charge is 0.480 e. The second kappa shape index (κ2) is 6.02. The van der Waals surface area contributed by atoms with Crippen molar-refractivity contribution in [2.45, 2.75) is 63.0 Å². The molecule has 5 heteroatoms. The molecule has 1 aliphatic carbocycles. The van der Waals surface area contributed by atoms with E-state index in [1.54, 1.807) is 11.8 Å². The highest BCUT2D eigenvalue weighted by Crippen LogP contribution is 2.43. The predicted molar refractivity (Wildman–Crippen MR) is 77.6 cm³/mol. The van der Waals surface area contributed by atoms with Gasteiger partial charge in [0.15, 0.2) is 0 Å². The number of thioether (sulfide) groups is 1. The fourth-order valence-electron chi connectivity index (χ4n) is 2.84. The molecule has 2 N–H and O–H groups in total. The zero-order chi connectivity index (χ0) is 14.0. The molecule has 1 heterocycles. The Kier molecular flexibility index (Phi) is 4.79. The summed E-state index contributed by atoms with van der Waals surface area (Å²) < 4.78 is 5.56. The molecule has 3 unspecified atom stereocenters. The number of aliphatic carboxylic acids is 1. The van der Waals surface area contributed by atoms with Gasteiger partial charge in [0.25, 0.3) is 0 Å². The van der Waals surface area contributed by atoms with Crippen molar-refractivity contribution >= 4 is 17.7 Å². The number of carboxylic acids is 1. The number of hydrogen-bond donors (Lipinski definition) is 2. The molecule has 2 fully saturated rings. The molecule has 2 rings (SSSR count). The minimum Gasteiger partial charge on any atom is -0.480 e. The molecule has 1 aliphatic heterocycles. The van der Waals surface area contributed by atoms with Crippen molar-refractivity contribution in [3.63, 3.8) is 0 Å². The summed E-state index contributed by atoms with van der Waals surface area (Å²) >= 11 is 1.77. The van der Waals surface area contributed by atoms with Gasteiger partial charge in [0.2, 0.25) is 0 Å². The lowest BCUT2D eigenvalue weighted by molar-refractivity contribution is -0.145. The Morgan fingerprint density at radius 3 is 2.58 bits per heavy atom. The van der Waals surface area contributed by atoms with Crippen LogP contribution in [-0.4, -0.2) is 46.4 Å². The number of carbonyl (C=O) groups is 1. The summed E-state index contributed by atoms with van der Waals surface area (Å²) in [4.78, 5) is 11.8. The Hall–Kier alpha value is -0.260. The molecule has 0 aromatic carbocycles. The van der Waals surface area contributed by atoms with Crippen molar-refractivity contribution in [3.05, 3.63) is 0 Å². The highest BCUT2D eigenvalue weighted by molar-refractivity contribution is 8.00. The van der Waals surface area contributed by atoms with Gasteiger partial charge in [0.1, 0.15) is 5.54 Å². The first-order valence-corrected chi connectivity index (χ1v) is 8.25. The molecule has 0 spiro atoms. The van der Waals surface area contributed by atoms with Crippen LogP contribution in [0.1, 0.15) is 40.0 Å². The molecule has 2 aliphatic rings. The summed E-state index contributed by atoms with van der Waals surface area (Å²) in [6.45, 7) is 6.93. The average Bonchev–Trinajstić information content (AvgIpc) is 3.09. The topological polar surface area (TPSA) is 58.6 Å². The van der Waals surface area contributed by atoms with E-state index < -0.39 is 11.5 Å². The summed E-state index contributed by atoms with van der Waals surface area (Å²) in [5.74, 6) is 0.240. The second-order valence-corrected chi connectivity index (χ2v) is 7.29. The van der Waals surface area contributed by atoms with Gasteiger partial charge in [-0.3, -0.25) is 10.1 Å². The van der Waals surface area contributed by atoms with Gasteiger partial charge in [-0.1, -0.05) is 0 Å². The highest BCUT2D eigenvalue weighted by Gasteiger charge is 2.51. The Labute approximate surface area is 119 Å². The second-order valence-electron chi connectivity index (χ2n) is 6.06. The summed E-state index contributed by atoms with van der Waals surface area (Å²) in [6, 6.07) is 0.189. The lowest BCUT2D eigenvalue weighted by Gasteiger charge is -2.33. The third-order valence-corrected chi connectivity index (χ3v) is 5.70. The summed E-state index contributed by atoms with van der Waals surface area (Å²) in [7, 11) is 0. The van der Waals surface area contributed by atoms with Crippen LogP contribution in [0.25, 0.3) is 0 Å². The smallest absolute Gasteiger partial charge is 0.325 e. The van der Waals surface area contributed by atoms with E-state index in [-0.39, 0.29) is 18.1 Å². The third kappa shape index (κ3) is 3.44. The number of carboxylic acid groups (broad SMARTS) is 1. The molecule has 0 amide bonds. The van der Waals surface area contributed by atoms with Gasteiger partial charge in [-0.15, -0.1) is 0 Å². The van der Waals surface area contributed by atoms with Crippen LogP contribution in [0.5, 0.6) is 0 Å². The van der Waals surface area contributed by atoms with E-state index in [1.807, 2.05) is 13.8 Å². The van der Waals surface area contributed by atoms with Crippen LogP contribution in [0.2, 0.25) is 0 Å². The van der Waals surface area contributed by atoms with Crippen molar-refractivity contribution < 1.29 is 14.6 Å². The molecule has 1 saturated heterocycles. The SMILES string of the molecule is CC(C)NC(CSC1CCOC1C)(C(=O)O)C1CC1. The molecule has 0 bridgehead atoms. The Balaban J connectivity index is 2.02. The number of hydrogen-bond acceptors (Lipinski definition) is 4. The summed E-state index contributed by atoms with van der Waals surface area (Å²) in [5, 5.41) is 13.5. The molecule has 110 valence electrons. The van der Waals surface area contributed by atoms with Crippen molar-refractivity contribution in [2.24, 2.45) is 5.92 Å². The number of nitrogens with one attached hydrogen (secondary N) is 1. The van der Waals surface area contributed by atoms with E-state index in [1.165, 1.54) is 0 Å². The molecular weight excluding hydrogens is 262 g/mol. The van der Waals surface area contributed by atoms with E-state index in [4.69, 9.17) is 4.74 Å². The van der Waals surface area contributed by atoms with Crippen molar-refractivity contribution in [1.82, 2.24) is 5.32 Å². The lowest BCUT2D eigenvalue weighted by Crippen LogP contribution is -2.58. The Morgan fingerprint density at radius 2 is 2.16 bits per heavy atom.